The highest BCUT2D eigenvalue weighted by atomic mass is 16.5. The zero-order valence-corrected chi connectivity index (χ0v) is 16.3. The van der Waals surface area contributed by atoms with Crippen molar-refractivity contribution in [3.8, 4) is 5.75 Å². The molecule has 0 aliphatic carbocycles. The molecule has 0 unspecified atom stereocenters. The van der Waals surface area contributed by atoms with E-state index >= 15 is 0 Å². The van der Waals surface area contributed by atoms with Crippen LogP contribution < -0.4 is 9.64 Å². The summed E-state index contributed by atoms with van der Waals surface area (Å²) in [6, 6.07) is 6.71. The van der Waals surface area contributed by atoms with E-state index < -0.39 is 0 Å². The van der Waals surface area contributed by atoms with E-state index in [4.69, 9.17) is 4.74 Å². The van der Waals surface area contributed by atoms with Crippen molar-refractivity contribution in [1.82, 2.24) is 20.0 Å². The van der Waals surface area contributed by atoms with Crippen molar-refractivity contribution >= 4 is 16.6 Å². The first-order valence-electron chi connectivity index (χ1n) is 9.49. The Labute approximate surface area is 155 Å². The average Bonchev–Trinajstić information content (AvgIpc) is 2.60. The third kappa shape index (κ3) is 3.23. The van der Waals surface area contributed by atoms with Gasteiger partial charge < -0.3 is 9.64 Å². The number of rotatable bonds is 3. The third-order valence-electron chi connectivity index (χ3n) is 5.79. The van der Waals surface area contributed by atoms with E-state index in [1.54, 1.807) is 7.11 Å². The monoisotopic (exact) mass is 355 g/mol. The minimum absolute atomic E-state index is 0.273. The summed E-state index contributed by atoms with van der Waals surface area (Å²) < 4.78 is 5.38. The predicted molar refractivity (Wildman–Crippen MR) is 105 cm³/mol. The summed E-state index contributed by atoms with van der Waals surface area (Å²) in [5, 5.41) is 10.8. The van der Waals surface area contributed by atoms with Gasteiger partial charge >= 0.3 is 0 Å². The molecule has 2 aromatic rings. The van der Waals surface area contributed by atoms with Crippen LogP contribution in [0.5, 0.6) is 5.75 Å². The molecule has 4 rings (SSSR count). The van der Waals surface area contributed by atoms with Gasteiger partial charge in [0.1, 0.15) is 5.75 Å². The molecule has 2 aliphatic rings. The Kier molecular flexibility index (Phi) is 4.49. The number of ether oxygens (including phenoxy) is 1. The lowest BCUT2D eigenvalue weighted by Crippen LogP contribution is -2.64. The molecule has 26 heavy (non-hydrogen) atoms. The Morgan fingerprint density at radius 1 is 1.08 bits per heavy atom. The van der Waals surface area contributed by atoms with Gasteiger partial charge in [-0.2, -0.15) is 5.10 Å². The second-order valence-corrected chi connectivity index (χ2v) is 8.37. The Bertz CT molecular complexity index is 773. The van der Waals surface area contributed by atoms with Crippen LogP contribution in [0.25, 0.3) is 10.8 Å². The molecule has 3 heterocycles. The van der Waals surface area contributed by atoms with Crippen LogP contribution >= 0.6 is 0 Å². The highest BCUT2D eigenvalue weighted by Crippen LogP contribution is 2.31. The molecule has 0 N–H and O–H groups in total. The molecule has 140 valence electrons. The van der Waals surface area contributed by atoms with E-state index in [2.05, 4.69) is 57.8 Å². The number of methoxy groups -OCH3 is 1. The lowest BCUT2D eigenvalue weighted by atomic mass is 10.0. The summed E-state index contributed by atoms with van der Waals surface area (Å²) in [6.07, 6.45) is 1.82. The van der Waals surface area contributed by atoms with Crippen LogP contribution in [0.4, 0.5) is 5.82 Å². The zero-order chi connectivity index (χ0) is 18.3. The molecule has 0 bridgehead atoms. The van der Waals surface area contributed by atoms with Gasteiger partial charge in [-0.1, -0.05) is 0 Å². The number of fused-ring (bicyclic) bond motifs is 1. The van der Waals surface area contributed by atoms with Crippen molar-refractivity contribution in [3.05, 3.63) is 24.4 Å². The van der Waals surface area contributed by atoms with Gasteiger partial charge in [-0.05, 0) is 39.0 Å². The first-order valence-corrected chi connectivity index (χ1v) is 9.49. The fourth-order valence-corrected chi connectivity index (χ4v) is 4.02. The van der Waals surface area contributed by atoms with Gasteiger partial charge in [0, 0.05) is 61.6 Å². The summed E-state index contributed by atoms with van der Waals surface area (Å²) in [5.74, 6) is 1.84. The zero-order valence-electron chi connectivity index (χ0n) is 16.3. The molecule has 0 spiro atoms. The largest absolute Gasteiger partial charge is 0.497 e. The van der Waals surface area contributed by atoms with Crippen LogP contribution in [0.1, 0.15) is 20.8 Å². The minimum Gasteiger partial charge on any atom is -0.497 e. The standard InChI is InChI=1S/C20H29N5O/c1-20(2,3)25-9-7-23(8-10-25)16-13-24(14-16)19-18-11-17(26-4)6-5-15(18)12-21-22-19/h5-6,11-12,16H,7-10,13-14H2,1-4H3. The molecule has 6 nitrogen and oxygen atoms in total. The van der Waals surface area contributed by atoms with Crippen molar-refractivity contribution in [1.29, 1.82) is 0 Å². The van der Waals surface area contributed by atoms with Gasteiger partial charge in [0.2, 0.25) is 0 Å². The summed E-state index contributed by atoms with van der Waals surface area (Å²) in [5.41, 5.74) is 0.273. The minimum atomic E-state index is 0.273. The van der Waals surface area contributed by atoms with E-state index in [9.17, 15) is 0 Å². The SMILES string of the molecule is COc1ccc2cnnc(N3CC(N4CCN(C(C)(C)C)CC4)C3)c2c1. The summed E-state index contributed by atoms with van der Waals surface area (Å²) in [7, 11) is 1.70. The van der Waals surface area contributed by atoms with Crippen LogP contribution in [-0.4, -0.2) is 78.0 Å². The molecule has 2 fully saturated rings. The Morgan fingerprint density at radius 3 is 2.46 bits per heavy atom. The first-order chi connectivity index (χ1) is 12.5. The molecule has 1 aromatic heterocycles. The summed E-state index contributed by atoms with van der Waals surface area (Å²) in [4.78, 5) is 7.57. The van der Waals surface area contributed by atoms with Crippen LogP contribution in [-0.2, 0) is 0 Å². The smallest absolute Gasteiger partial charge is 0.159 e. The van der Waals surface area contributed by atoms with Gasteiger partial charge in [-0.25, -0.2) is 0 Å². The Hall–Kier alpha value is -1.92. The van der Waals surface area contributed by atoms with Crippen molar-refractivity contribution in [2.24, 2.45) is 0 Å². The van der Waals surface area contributed by atoms with Gasteiger partial charge in [0.05, 0.1) is 13.3 Å². The normalized spacial score (nSPS) is 20.4. The molecule has 0 radical (unpaired) electrons. The Morgan fingerprint density at radius 2 is 1.81 bits per heavy atom. The second-order valence-electron chi connectivity index (χ2n) is 8.37. The number of anilines is 1. The molecule has 2 saturated heterocycles. The van der Waals surface area contributed by atoms with Gasteiger partial charge in [-0.3, -0.25) is 9.80 Å². The maximum absolute atomic E-state index is 5.38. The molecule has 0 saturated carbocycles. The summed E-state index contributed by atoms with van der Waals surface area (Å²) in [6.45, 7) is 13.6. The second kappa shape index (κ2) is 6.67. The number of hydrogen-bond donors (Lipinski definition) is 0. The molecule has 2 aliphatic heterocycles. The fourth-order valence-electron chi connectivity index (χ4n) is 4.02. The molecule has 0 atom stereocenters. The molecule has 6 heteroatoms. The predicted octanol–water partition coefficient (Wildman–Crippen LogP) is 2.24. The fraction of sp³-hybridized carbons (Fsp3) is 0.600. The first kappa shape index (κ1) is 17.5. The maximum atomic E-state index is 5.38. The number of nitrogens with zero attached hydrogens (tertiary/aromatic N) is 5. The van der Waals surface area contributed by atoms with Crippen LogP contribution in [0, 0.1) is 0 Å². The quantitative estimate of drug-likeness (QED) is 0.841. The maximum Gasteiger partial charge on any atom is 0.159 e. The Balaban J connectivity index is 1.42. The van der Waals surface area contributed by atoms with E-state index in [0.717, 1.165) is 61.6 Å². The van der Waals surface area contributed by atoms with Gasteiger partial charge in [-0.15, -0.1) is 5.10 Å². The van der Waals surface area contributed by atoms with E-state index in [0.29, 0.717) is 6.04 Å². The molecular formula is C20H29N5O. The number of aromatic nitrogens is 2. The van der Waals surface area contributed by atoms with Crippen LogP contribution in [0.2, 0.25) is 0 Å². The summed E-state index contributed by atoms with van der Waals surface area (Å²) >= 11 is 0. The molecule has 1 aromatic carbocycles. The molecule has 0 amide bonds. The highest BCUT2D eigenvalue weighted by molar-refractivity contribution is 5.92. The van der Waals surface area contributed by atoms with E-state index in [1.807, 2.05) is 12.3 Å². The van der Waals surface area contributed by atoms with Crippen LogP contribution in [0.15, 0.2) is 24.4 Å². The van der Waals surface area contributed by atoms with Crippen molar-refractivity contribution < 1.29 is 4.74 Å². The van der Waals surface area contributed by atoms with Crippen molar-refractivity contribution in [2.75, 3.05) is 51.3 Å². The van der Waals surface area contributed by atoms with Crippen molar-refractivity contribution in [3.63, 3.8) is 0 Å². The average molecular weight is 355 g/mol. The van der Waals surface area contributed by atoms with Crippen LogP contribution in [0.3, 0.4) is 0 Å². The number of benzene rings is 1. The van der Waals surface area contributed by atoms with E-state index in [1.165, 1.54) is 0 Å². The van der Waals surface area contributed by atoms with Gasteiger partial charge in [0.25, 0.3) is 0 Å². The lowest BCUT2D eigenvalue weighted by molar-refractivity contribution is 0.0353. The third-order valence-corrected chi connectivity index (χ3v) is 5.79. The highest BCUT2D eigenvalue weighted by Gasteiger charge is 2.36. The van der Waals surface area contributed by atoms with E-state index in [-0.39, 0.29) is 5.54 Å². The van der Waals surface area contributed by atoms with Gasteiger partial charge in [0.15, 0.2) is 5.82 Å². The lowest BCUT2D eigenvalue weighted by Gasteiger charge is -2.50. The number of piperazine rings is 1. The molecular weight excluding hydrogens is 326 g/mol. The topological polar surface area (TPSA) is 44.7 Å². The number of hydrogen-bond acceptors (Lipinski definition) is 6. The van der Waals surface area contributed by atoms with Crippen molar-refractivity contribution in [2.45, 2.75) is 32.4 Å².